The molecule has 1 aliphatic carbocycles. The van der Waals surface area contributed by atoms with Gasteiger partial charge in [-0.05, 0) is 51.2 Å². The summed E-state index contributed by atoms with van der Waals surface area (Å²) in [5.74, 6) is 0.229. The quantitative estimate of drug-likeness (QED) is 0.775. The van der Waals surface area contributed by atoms with Crippen LogP contribution in [0, 0.1) is 11.3 Å². The van der Waals surface area contributed by atoms with Crippen LogP contribution in [0.15, 0.2) is 0 Å². The highest BCUT2D eigenvalue weighted by Crippen LogP contribution is 2.30. The van der Waals surface area contributed by atoms with Gasteiger partial charge in [0.25, 0.3) is 0 Å². The van der Waals surface area contributed by atoms with Crippen molar-refractivity contribution in [3.05, 3.63) is 0 Å². The molecule has 0 aromatic rings. The Kier molecular flexibility index (Phi) is 5.44. The first-order valence-electron chi connectivity index (χ1n) is 8.22. The number of amides is 1. The van der Waals surface area contributed by atoms with Gasteiger partial charge in [-0.15, -0.1) is 0 Å². The number of hydrogen-bond acceptors (Lipinski definition) is 3. The zero-order valence-electron chi connectivity index (χ0n) is 13.2. The van der Waals surface area contributed by atoms with Gasteiger partial charge in [0.2, 0.25) is 5.91 Å². The molecular formula is C16H31N3O. The van der Waals surface area contributed by atoms with Crippen molar-refractivity contribution in [1.82, 2.24) is 10.2 Å². The first-order chi connectivity index (χ1) is 9.50. The number of nitrogens with one attached hydrogen (secondary N) is 1. The Morgan fingerprint density at radius 2 is 1.90 bits per heavy atom. The number of nitrogens with zero attached hydrogens (tertiary/aromatic N) is 1. The maximum absolute atomic E-state index is 12.4. The van der Waals surface area contributed by atoms with Crippen LogP contribution in [0.1, 0.15) is 51.9 Å². The highest BCUT2D eigenvalue weighted by molar-refractivity contribution is 5.79. The van der Waals surface area contributed by atoms with Crippen molar-refractivity contribution in [3.8, 4) is 0 Å². The first-order valence-corrected chi connectivity index (χ1v) is 8.22. The summed E-state index contributed by atoms with van der Waals surface area (Å²) in [6, 6.07) is 0.0581. The zero-order chi connectivity index (χ0) is 14.6. The predicted octanol–water partition coefficient (Wildman–Crippen LogP) is 1.74. The lowest BCUT2D eigenvalue weighted by molar-refractivity contribution is -0.126. The van der Waals surface area contributed by atoms with Crippen molar-refractivity contribution in [2.75, 3.05) is 26.7 Å². The molecule has 0 bridgehead atoms. The van der Waals surface area contributed by atoms with Crippen LogP contribution in [0.2, 0.25) is 0 Å². The predicted molar refractivity (Wildman–Crippen MR) is 82.4 cm³/mol. The van der Waals surface area contributed by atoms with E-state index in [9.17, 15) is 4.79 Å². The smallest absolute Gasteiger partial charge is 0.224 e. The Labute approximate surface area is 123 Å². The molecule has 0 aromatic carbocycles. The van der Waals surface area contributed by atoms with Crippen LogP contribution in [0.5, 0.6) is 0 Å². The second-order valence-corrected chi connectivity index (χ2v) is 7.24. The van der Waals surface area contributed by atoms with Gasteiger partial charge in [-0.2, -0.15) is 0 Å². The van der Waals surface area contributed by atoms with E-state index >= 15 is 0 Å². The molecule has 2 fully saturated rings. The van der Waals surface area contributed by atoms with Gasteiger partial charge in [-0.25, -0.2) is 0 Å². The summed E-state index contributed by atoms with van der Waals surface area (Å²) in [6.07, 6.45) is 7.85. The molecule has 1 heterocycles. The summed E-state index contributed by atoms with van der Waals surface area (Å²) < 4.78 is 0. The monoisotopic (exact) mass is 281 g/mol. The fourth-order valence-corrected chi connectivity index (χ4v) is 3.43. The van der Waals surface area contributed by atoms with Crippen LogP contribution in [-0.4, -0.2) is 43.5 Å². The van der Waals surface area contributed by atoms with Crippen LogP contribution < -0.4 is 11.1 Å². The normalized spacial score (nSPS) is 31.6. The van der Waals surface area contributed by atoms with E-state index in [1.165, 1.54) is 25.7 Å². The summed E-state index contributed by atoms with van der Waals surface area (Å²) >= 11 is 0. The van der Waals surface area contributed by atoms with Crippen LogP contribution >= 0.6 is 0 Å². The Hall–Kier alpha value is -0.610. The molecule has 1 saturated heterocycles. The van der Waals surface area contributed by atoms with Crippen molar-refractivity contribution < 1.29 is 4.79 Å². The third kappa shape index (κ3) is 4.19. The van der Waals surface area contributed by atoms with E-state index in [4.69, 9.17) is 5.73 Å². The maximum Gasteiger partial charge on any atom is 0.224 e. The summed E-state index contributed by atoms with van der Waals surface area (Å²) in [7, 11) is 2.17. The van der Waals surface area contributed by atoms with Gasteiger partial charge in [-0.3, -0.25) is 4.79 Å². The molecule has 2 atom stereocenters. The lowest BCUT2D eigenvalue weighted by atomic mass is 9.80. The summed E-state index contributed by atoms with van der Waals surface area (Å²) in [5, 5.41) is 3.20. The molecule has 0 spiro atoms. The van der Waals surface area contributed by atoms with Gasteiger partial charge in [0.05, 0.1) is 5.92 Å². The van der Waals surface area contributed by atoms with E-state index in [2.05, 4.69) is 24.2 Å². The molecule has 1 aliphatic heterocycles. The minimum atomic E-state index is 0.0346. The SMILES string of the molecule is CN1CCC(C)(CNC(=O)C2CCCCCC2N)CC1. The van der Waals surface area contributed by atoms with Crippen molar-refractivity contribution in [2.24, 2.45) is 17.1 Å². The zero-order valence-corrected chi connectivity index (χ0v) is 13.2. The van der Waals surface area contributed by atoms with Gasteiger partial charge in [0.1, 0.15) is 0 Å². The van der Waals surface area contributed by atoms with Gasteiger partial charge in [0.15, 0.2) is 0 Å². The molecule has 0 radical (unpaired) electrons. The molecule has 20 heavy (non-hydrogen) atoms. The number of piperidine rings is 1. The molecule has 0 aromatic heterocycles. The molecule has 116 valence electrons. The summed E-state index contributed by atoms with van der Waals surface area (Å²) in [6.45, 7) is 5.38. The summed E-state index contributed by atoms with van der Waals surface area (Å²) in [4.78, 5) is 14.8. The van der Waals surface area contributed by atoms with E-state index in [-0.39, 0.29) is 23.3 Å². The number of hydrogen-bond donors (Lipinski definition) is 2. The molecule has 2 unspecified atom stereocenters. The van der Waals surface area contributed by atoms with E-state index in [1.54, 1.807) is 0 Å². The van der Waals surface area contributed by atoms with Gasteiger partial charge in [-0.1, -0.05) is 26.2 Å². The Morgan fingerprint density at radius 1 is 1.25 bits per heavy atom. The molecular weight excluding hydrogens is 250 g/mol. The lowest BCUT2D eigenvalue weighted by Crippen LogP contribution is -2.47. The Balaban J connectivity index is 1.81. The molecule has 4 nitrogen and oxygen atoms in total. The Morgan fingerprint density at radius 3 is 2.60 bits per heavy atom. The largest absolute Gasteiger partial charge is 0.355 e. The molecule has 1 amide bonds. The van der Waals surface area contributed by atoms with E-state index in [0.29, 0.717) is 0 Å². The first kappa shape index (κ1) is 15.8. The van der Waals surface area contributed by atoms with Crippen LogP contribution in [-0.2, 0) is 4.79 Å². The second kappa shape index (κ2) is 6.90. The fraction of sp³-hybridized carbons (Fsp3) is 0.938. The van der Waals surface area contributed by atoms with Gasteiger partial charge >= 0.3 is 0 Å². The van der Waals surface area contributed by atoms with Gasteiger partial charge < -0.3 is 16.0 Å². The topological polar surface area (TPSA) is 58.4 Å². The number of likely N-dealkylation sites (tertiary alicyclic amines) is 1. The molecule has 3 N–H and O–H groups in total. The summed E-state index contributed by atoms with van der Waals surface area (Å²) in [5.41, 5.74) is 6.43. The number of nitrogens with two attached hydrogens (primary N) is 1. The van der Waals surface area contributed by atoms with Crippen molar-refractivity contribution in [2.45, 2.75) is 57.9 Å². The average Bonchev–Trinajstić information content (AvgIpc) is 2.65. The lowest BCUT2D eigenvalue weighted by Gasteiger charge is -2.38. The molecule has 1 saturated carbocycles. The van der Waals surface area contributed by atoms with Crippen molar-refractivity contribution in [1.29, 1.82) is 0 Å². The third-order valence-electron chi connectivity index (χ3n) is 5.29. The molecule has 2 rings (SSSR count). The maximum atomic E-state index is 12.4. The molecule has 2 aliphatic rings. The average molecular weight is 281 g/mol. The minimum Gasteiger partial charge on any atom is -0.355 e. The standard InChI is InChI=1S/C16H31N3O/c1-16(8-10-19(2)11-9-16)12-18-15(20)13-6-4-3-5-7-14(13)17/h13-14H,3-12,17H2,1-2H3,(H,18,20). The minimum absolute atomic E-state index is 0.0346. The Bertz CT molecular complexity index is 324. The number of carbonyl (C=O) groups is 1. The van der Waals surface area contributed by atoms with Crippen LogP contribution in [0.4, 0.5) is 0 Å². The number of carbonyl (C=O) groups excluding carboxylic acids is 1. The highest BCUT2D eigenvalue weighted by atomic mass is 16.1. The van der Waals surface area contributed by atoms with Crippen LogP contribution in [0.3, 0.4) is 0 Å². The van der Waals surface area contributed by atoms with Gasteiger partial charge in [0, 0.05) is 12.6 Å². The second-order valence-electron chi connectivity index (χ2n) is 7.24. The van der Waals surface area contributed by atoms with E-state index < -0.39 is 0 Å². The third-order valence-corrected chi connectivity index (χ3v) is 5.29. The van der Waals surface area contributed by atoms with Crippen molar-refractivity contribution in [3.63, 3.8) is 0 Å². The van der Waals surface area contributed by atoms with E-state index in [1.807, 2.05) is 0 Å². The highest BCUT2D eigenvalue weighted by Gasteiger charge is 2.32. The van der Waals surface area contributed by atoms with Crippen molar-refractivity contribution >= 4 is 5.91 Å². The van der Waals surface area contributed by atoms with E-state index in [0.717, 1.165) is 38.9 Å². The number of rotatable bonds is 3. The van der Waals surface area contributed by atoms with Crippen LogP contribution in [0.25, 0.3) is 0 Å². The molecule has 4 heteroatoms. The fourth-order valence-electron chi connectivity index (χ4n) is 3.43.